The van der Waals surface area contributed by atoms with Gasteiger partial charge in [0, 0.05) is 11.3 Å². The summed E-state index contributed by atoms with van der Waals surface area (Å²) in [6.45, 7) is 0. The van der Waals surface area contributed by atoms with E-state index in [9.17, 15) is 15.8 Å². The number of hydrogen-bond donors (Lipinski definition) is 1. The molecule has 1 saturated carbocycles. The molecule has 0 aromatic carbocycles. The van der Waals surface area contributed by atoms with Crippen LogP contribution in [0.2, 0.25) is 0 Å². The molecule has 24 heavy (non-hydrogen) atoms. The van der Waals surface area contributed by atoms with E-state index in [1.165, 1.54) is 11.3 Å². The van der Waals surface area contributed by atoms with Crippen molar-refractivity contribution < 1.29 is 9.47 Å². The van der Waals surface area contributed by atoms with E-state index >= 15 is 0 Å². The van der Waals surface area contributed by atoms with Gasteiger partial charge in [-0.3, -0.25) is 5.41 Å². The number of hydrogen-bond acceptors (Lipinski definition) is 7. The highest BCUT2D eigenvalue weighted by Crippen LogP contribution is 2.69. The fourth-order valence-electron chi connectivity index (χ4n) is 4.54. The Hall–Kier alpha value is -2.40. The molecule has 0 unspecified atom stereocenters. The summed E-state index contributed by atoms with van der Waals surface area (Å²) in [6.07, 6.45) is 1.96. The second kappa shape index (κ2) is 4.80. The molecule has 120 valence electrons. The van der Waals surface area contributed by atoms with Crippen molar-refractivity contribution in [3.8, 4) is 18.2 Å². The van der Waals surface area contributed by atoms with Gasteiger partial charge < -0.3 is 9.47 Å². The van der Waals surface area contributed by atoms with Gasteiger partial charge in [-0.15, -0.1) is 11.3 Å². The molecule has 1 N–H and O–H groups in total. The number of ether oxygens (including phenoxy) is 2. The van der Waals surface area contributed by atoms with Gasteiger partial charge in [0.1, 0.15) is 6.10 Å². The number of nitriles is 3. The fourth-order valence-corrected chi connectivity index (χ4v) is 5.36. The van der Waals surface area contributed by atoms with Crippen LogP contribution in [-0.4, -0.2) is 11.7 Å². The lowest BCUT2D eigenvalue weighted by Crippen LogP contribution is -2.73. The summed E-state index contributed by atoms with van der Waals surface area (Å²) >= 11 is 1.40. The zero-order chi connectivity index (χ0) is 17.0. The van der Waals surface area contributed by atoms with Crippen LogP contribution in [0.5, 0.6) is 0 Å². The predicted octanol–water partition coefficient (Wildman–Crippen LogP) is 3.26. The molecule has 3 aliphatic heterocycles. The molecular formula is C17H14N4O2S. The van der Waals surface area contributed by atoms with Crippen LogP contribution in [-0.2, 0) is 9.47 Å². The summed E-state index contributed by atoms with van der Waals surface area (Å²) in [5.41, 5.74) is -3.39. The monoisotopic (exact) mass is 338 g/mol. The minimum atomic E-state index is -1.74. The summed E-state index contributed by atoms with van der Waals surface area (Å²) in [6, 6.07) is 10.0. The highest BCUT2D eigenvalue weighted by Gasteiger charge is 2.80. The summed E-state index contributed by atoms with van der Waals surface area (Å²) in [5, 5.41) is 40.3. The summed E-state index contributed by atoms with van der Waals surface area (Å²) in [5.74, 6) is -2.00. The maximum absolute atomic E-state index is 10.0. The molecule has 4 aliphatic rings. The Morgan fingerprint density at radius 3 is 2.62 bits per heavy atom. The lowest BCUT2D eigenvalue weighted by Gasteiger charge is -2.63. The van der Waals surface area contributed by atoms with E-state index in [2.05, 4.69) is 18.2 Å². The fraction of sp³-hybridized carbons (Fsp3) is 0.529. The van der Waals surface area contributed by atoms with Crippen LogP contribution in [0.25, 0.3) is 0 Å². The average Bonchev–Trinajstić information content (AvgIpc) is 3.14. The third-order valence-electron chi connectivity index (χ3n) is 5.62. The predicted molar refractivity (Wildman–Crippen MR) is 83.4 cm³/mol. The molecule has 4 fully saturated rings. The number of fused-ring (bicyclic) bond motifs is 2. The summed E-state index contributed by atoms with van der Waals surface area (Å²) < 4.78 is 12.1. The maximum Gasteiger partial charge on any atom is 0.218 e. The van der Waals surface area contributed by atoms with E-state index in [4.69, 9.17) is 14.9 Å². The van der Waals surface area contributed by atoms with Crippen LogP contribution in [0.3, 0.4) is 0 Å². The highest BCUT2D eigenvalue weighted by molar-refractivity contribution is 7.10. The molecule has 7 heteroatoms. The molecule has 3 saturated heterocycles. The average molecular weight is 338 g/mol. The highest BCUT2D eigenvalue weighted by atomic mass is 32.1. The Kier molecular flexibility index (Phi) is 3.03. The van der Waals surface area contributed by atoms with Gasteiger partial charge in [-0.1, -0.05) is 12.5 Å². The van der Waals surface area contributed by atoms with Gasteiger partial charge in [0.15, 0.2) is 10.8 Å². The first-order valence-corrected chi connectivity index (χ1v) is 8.71. The van der Waals surface area contributed by atoms with Crippen LogP contribution in [0.4, 0.5) is 0 Å². The minimum absolute atomic E-state index is 0.309. The molecule has 4 atom stereocenters. The first-order chi connectivity index (χ1) is 11.6. The van der Waals surface area contributed by atoms with Crippen molar-refractivity contribution in [2.24, 2.45) is 16.7 Å². The molecule has 1 spiro atoms. The molecule has 1 aromatic rings. The van der Waals surface area contributed by atoms with E-state index in [0.717, 1.165) is 17.7 Å². The van der Waals surface area contributed by atoms with Crippen LogP contribution < -0.4 is 0 Å². The molecule has 1 aromatic heterocycles. The zero-order valence-electron chi connectivity index (χ0n) is 12.8. The van der Waals surface area contributed by atoms with Crippen molar-refractivity contribution >= 4 is 17.2 Å². The van der Waals surface area contributed by atoms with Crippen molar-refractivity contribution in [1.82, 2.24) is 0 Å². The van der Waals surface area contributed by atoms with Crippen molar-refractivity contribution in [2.75, 3.05) is 0 Å². The van der Waals surface area contributed by atoms with Gasteiger partial charge in [0.05, 0.1) is 24.1 Å². The molecule has 0 radical (unpaired) electrons. The van der Waals surface area contributed by atoms with Crippen molar-refractivity contribution in [3.05, 3.63) is 22.4 Å². The molecule has 0 amide bonds. The van der Waals surface area contributed by atoms with Crippen LogP contribution in [0.15, 0.2) is 17.5 Å². The maximum atomic E-state index is 10.0. The molecule has 5 rings (SSSR count). The standard InChI is InChI=1S/C17H14N4O2S/c18-8-15(9-19)12-5-1-2-6-17(12)22-13(11-4-3-7-24-11)16(15,10-20)14(21)23-17/h3-4,7,12-13,21H,1-2,5-6H2/t12-,13+,16-,17-/m1/s1. The van der Waals surface area contributed by atoms with Crippen LogP contribution in [0, 0.1) is 56.2 Å². The second-order valence-corrected chi connectivity index (χ2v) is 7.49. The smallest absolute Gasteiger partial charge is 0.218 e. The third kappa shape index (κ3) is 1.44. The molecule has 4 heterocycles. The van der Waals surface area contributed by atoms with E-state index < -0.39 is 28.6 Å². The lowest BCUT2D eigenvalue weighted by molar-refractivity contribution is -0.360. The van der Waals surface area contributed by atoms with Gasteiger partial charge in [-0.2, -0.15) is 15.8 Å². The van der Waals surface area contributed by atoms with E-state index in [0.29, 0.717) is 12.8 Å². The SMILES string of the molecule is N#CC1(C#N)[C@H]2CCCC[C@@]23OC(=N)[C@@]1(C#N)[C@H](c1cccs1)O3. The molecule has 6 nitrogen and oxygen atoms in total. The van der Waals surface area contributed by atoms with Crippen molar-refractivity contribution in [1.29, 1.82) is 21.2 Å². The van der Waals surface area contributed by atoms with E-state index in [1.54, 1.807) is 0 Å². The second-order valence-electron chi connectivity index (χ2n) is 6.51. The number of nitrogens with one attached hydrogen (secondary N) is 1. The Labute approximate surface area is 143 Å². The largest absolute Gasteiger partial charge is 0.447 e. The first kappa shape index (κ1) is 15.1. The van der Waals surface area contributed by atoms with Crippen LogP contribution in [0.1, 0.15) is 36.7 Å². The summed E-state index contributed by atoms with van der Waals surface area (Å²) in [4.78, 5) is 0.739. The molecule has 1 aliphatic carbocycles. The summed E-state index contributed by atoms with van der Waals surface area (Å²) in [7, 11) is 0. The van der Waals surface area contributed by atoms with E-state index in [1.807, 2.05) is 17.5 Å². The number of rotatable bonds is 1. The Balaban J connectivity index is 2.03. The Bertz CT molecular complexity index is 816. The van der Waals surface area contributed by atoms with E-state index in [-0.39, 0.29) is 5.90 Å². The minimum Gasteiger partial charge on any atom is -0.447 e. The number of nitrogens with zero attached hydrogens (tertiary/aromatic N) is 3. The van der Waals surface area contributed by atoms with Gasteiger partial charge in [0.2, 0.25) is 11.7 Å². The third-order valence-corrected chi connectivity index (χ3v) is 6.53. The lowest BCUT2D eigenvalue weighted by atomic mass is 9.49. The normalized spacial score (nSPS) is 39.0. The first-order valence-electron chi connectivity index (χ1n) is 7.83. The van der Waals surface area contributed by atoms with Gasteiger partial charge >= 0.3 is 0 Å². The molecule has 2 bridgehead atoms. The Morgan fingerprint density at radius 2 is 2.00 bits per heavy atom. The number of thiophene rings is 1. The Morgan fingerprint density at radius 1 is 1.21 bits per heavy atom. The quantitative estimate of drug-likeness (QED) is 0.844. The van der Waals surface area contributed by atoms with Crippen molar-refractivity contribution in [2.45, 2.75) is 37.6 Å². The van der Waals surface area contributed by atoms with Gasteiger partial charge in [-0.25, -0.2) is 0 Å². The van der Waals surface area contributed by atoms with Gasteiger partial charge in [-0.05, 0) is 24.3 Å². The topological polar surface area (TPSA) is 114 Å². The van der Waals surface area contributed by atoms with Crippen molar-refractivity contribution in [3.63, 3.8) is 0 Å². The van der Waals surface area contributed by atoms with Crippen LogP contribution >= 0.6 is 11.3 Å². The molecular weight excluding hydrogens is 324 g/mol. The zero-order valence-corrected chi connectivity index (χ0v) is 13.6. The van der Waals surface area contributed by atoms with Gasteiger partial charge in [0.25, 0.3) is 0 Å².